The van der Waals surface area contributed by atoms with Gasteiger partial charge in [0.25, 0.3) is 0 Å². The van der Waals surface area contributed by atoms with E-state index >= 15 is 0 Å². The summed E-state index contributed by atoms with van der Waals surface area (Å²) in [6.45, 7) is 0.746. The minimum absolute atomic E-state index is 0.0630. The topological polar surface area (TPSA) is 68.0 Å². The molecule has 0 saturated heterocycles. The Morgan fingerprint density at radius 2 is 1.96 bits per heavy atom. The van der Waals surface area contributed by atoms with E-state index in [4.69, 9.17) is 4.42 Å². The average Bonchev–Trinajstić information content (AvgIpc) is 3.04. The molecular weight excluding hydrogens is 310 g/mol. The Labute approximate surface area is 143 Å². The number of nitrogens with zero attached hydrogens (tertiary/aromatic N) is 2. The third-order valence-corrected chi connectivity index (χ3v) is 5.11. The van der Waals surface area contributed by atoms with Gasteiger partial charge in [-0.05, 0) is 30.8 Å². The Kier molecular flexibility index (Phi) is 8.50. The van der Waals surface area contributed by atoms with Gasteiger partial charge in [-0.2, -0.15) is 11.8 Å². The van der Waals surface area contributed by atoms with Gasteiger partial charge in [0.2, 0.25) is 17.7 Å². The fourth-order valence-electron chi connectivity index (χ4n) is 3.05. The molecule has 0 bridgehead atoms. The zero-order valence-corrected chi connectivity index (χ0v) is 15.0. The predicted molar refractivity (Wildman–Crippen MR) is 93.5 cm³/mol. The maximum atomic E-state index is 11.7. The van der Waals surface area contributed by atoms with Gasteiger partial charge < -0.3 is 9.73 Å². The second kappa shape index (κ2) is 10.7. The lowest BCUT2D eigenvalue weighted by molar-refractivity contribution is -0.121. The van der Waals surface area contributed by atoms with Crippen molar-refractivity contribution in [2.45, 2.75) is 64.2 Å². The standard InChI is InChI=1S/C17H29N3O2S/c1-23-13-5-12-18-15(21)9-11-17-20-19-16(22-17)10-8-14-6-3-2-4-7-14/h14H,2-13H2,1H3,(H,18,21). The molecule has 5 nitrogen and oxygen atoms in total. The fourth-order valence-corrected chi connectivity index (χ4v) is 3.48. The predicted octanol–water partition coefficient (Wildman–Crippen LogP) is 3.38. The van der Waals surface area contributed by atoms with Crippen molar-refractivity contribution in [2.75, 3.05) is 18.6 Å². The van der Waals surface area contributed by atoms with Crippen LogP contribution in [-0.4, -0.2) is 34.7 Å². The van der Waals surface area contributed by atoms with Gasteiger partial charge in [-0.25, -0.2) is 0 Å². The quantitative estimate of drug-likeness (QED) is 0.662. The van der Waals surface area contributed by atoms with Crippen molar-refractivity contribution >= 4 is 17.7 Å². The van der Waals surface area contributed by atoms with Gasteiger partial charge in [0.1, 0.15) is 0 Å². The molecule has 1 N–H and O–H groups in total. The number of hydrogen-bond acceptors (Lipinski definition) is 5. The SMILES string of the molecule is CSCCCNC(=O)CCc1nnc(CCC2CCCCC2)o1. The van der Waals surface area contributed by atoms with Crippen molar-refractivity contribution < 1.29 is 9.21 Å². The van der Waals surface area contributed by atoms with E-state index in [9.17, 15) is 4.79 Å². The van der Waals surface area contributed by atoms with E-state index in [0.717, 1.165) is 43.4 Å². The Morgan fingerprint density at radius 1 is 1.22 bits per heavy atom. The molecule has 1 amide bonds. The van der Waals surface area contributed by atoms with Crippen LogP contribution in [0.2, 0.25) is 0 Å². The molecule has 1 heterocycles. The average molecular weight is 340 g/mol. The number of aromatic nitrogens is 2. The van der Waals surface area contributed by atoms with E-state index in [1.165, 1.54) is 32.1 Å². The number of aryl methyl sites for hydroxylation is 2. The maximum absolute atomic E-state index is 11.7. The molecule has 1 fully saturated rings. The summed E-state index contributed by atoms with van der Waals surface area (Å²) in [4.78, 5) is 11.7. The highest BCUT2D eigenvalue weighted by atomic mass is 32.2. The van der Waals surface area contributed by atoms with Crippen LogP contribution in [0.15, 0.2) is 4.42 Å². The summed E-state index contributed by atoms with van der Waals surface area (Å²) >= 11 is 1.80. The monoisotopic (exact) mass is 339 g/mol. The van der Waals surface area contributed by atoms with Crippen LogP contribution in [0.3, 0.4) is 0 Å². The molecule has 2 rings (SSSR count). The molecule has 1 aliphatic rings. The van der Waals surface area contributed by atoms with Gasteiger partial charge in [-0.1, -0.05) is 32.1 Å². The van der Waals surface area contributed by atoms with E-state index in [-0.39, 0.29) is 5.91 Å². The van der Waals surface area contributed by atoms with Crippen molar-refractivity contribution in [3.05, 3.63) is 11.8 Å². The number of hydrogen-bond donors (Lipinski definition) is 1. The van der Waals surface area contributed by atoms with Crippen molar-refractivity contribution in [1.82, 2.24) is 15.5 Å². The van der Waals surface area contributed by atoms with E-state index in [0.29, 0.717) is 18.7 Å². The lowest BCUT2D eigenvalue weighted by Crippen LogP contribution is -2.25. The van der Waals surface area contributed by atoms with Gasteiger partial charge in [-0.3, -0.25) is 4.79 Å². The molecule has 6 heteroatoms. The maximum Gasteiger partial charge on any atom is 0.220 e. The number of carbonyl (C=O) groups excluding carboxylic acids is 1. The van der Waals surface area contributed by atoms with Crippen LogP contribution in [0.25, 0.3) is 0 Å². The first-order valence-electron chi connectivity index (χ1n) is 8.85. The van der Waals surface area contributed by atoms with Crippen molar-refractivity contribution in [3.63, 3.8) is 0 Å². The number of carbonyl (C=O) groups is 1. The largest absolute Gasteiger partial charge is 0.425 e. The highest BCUT2D eigenvalue weighted by Gasteiger charge is 2.15. The zero-order chi connectivity index (χ0) is 16.3. The fraction of sp³-hybridized carbons (Fsp3) is 0.824. The molecule has 1 aromatic rings. The first kappa shape index (κ1) is 18.3. The summed E-state index contributed by atoms with van der Waals surface area (Å²) in [5, 5.41) is 11.1. The first-order chi connectivity index (χ1) is 11.3. The molecular formula is C17H29N3O2S. The molecule has 0 aliphatic heterocycles. The lowest BCUT2D eigenvalue weighted by atomic mass is 9.86. The number of thioether (sulfide) groups is 1. The summed E-state index contributed by atoms with van der Waals surface area (Å²) < 4.78 is 5.66. The Balaban J connectivity index is 1.61. The molecule has 23 heavy (non-hydrogen) atoms. The van der Waals surface area contributed by atoms with Crippen LogP contribution >= 0.6 is 11.8 Å². The second-order valence-electron chi connectivity index (χ2n) is 6.33. The van der Waals surface area contributed by atoms with Gasteiger partial charge in [0.05, 0.1) is 0 Å². The van der Waals surface area contributed by atoms with E-state index in [2.05, 4.69) is 21.8 Å². The Morgan fingerprint density at radius 3 is 2.70 bits per heavy atom. The smallest absolute Gasteiger partial charge is 0.220 e. The van der Waals surface area contributed by atoms with E-state index in [1.54, 1.807) is 11.8 Å². The van der Waals surface area contributed by atoms with Crippen LogP contribution in [-0.2, 0) is 17.6 Å². The third kappa shape index (κ3) is 7.38. The van der Waals surface area contributed by atoms with Crippen LogP contribution in [0.5, 0.6) is 0 Å². The molecule has 0 atom stereocenters. The van der Waals surface area contributed by atoms with Crippen LogP contribution in [0.1, 0.15) is 63.1 Å². The van der Waals surface area contributed by atoms with Gasteiger partial charge >= 0.3 is 0 Å². The summed E-state index contributed by atoms with van der Waals surface area (Å²) in [5.41, 5.74) is 0. The van der Waals surface area contributed by atoms with E-state index < -0.39 is 0 Å². The first-order valence-corrected chi connectivity index (χ1v) is 10.2. The summed E-state index contributed by atoms with van der Waals surface area (Å²) in [6, 6.07) is 0. The molecule has 1 aromatic heterocycles. The highest BCUT2D eigenvalue weighted by molar-refractivity contribution is 7.98. The minimum atomic E-state index is 0.0630. The number of rotatable bonds is 10. The van der Waals surface area contributed by atoms with Crippen molar-refractivity contribution in [2.24, 2.45) is 5.92 Å². The number of nitrogens with one attached hydrogen (secondary N) is 1. The Bertz CT molecular complexity index is 458. The van der Waals surface area contributed by atoms with Gasteiger partial charge in [0.15, 0.2) is 0 Å². The summed E-state index contributed by atoms with van der Waals surface area (Å²) in [5.74, 6) is 3.28. The van der Waals surface area contributed by atoms with Crippen LogP contribution in [0, 0.1) is 5.92 Å². The zero-order valence-electron chi connectivity index (χ0n) is 14.2. The highest BCUT2D eigenvalue weighted by Crippen LogP contribution is 2.27. The number of amides is 1. The van der Waals surface area contributed by atoms with Crippen LogP contribution < -0.4 is 5.32 Å². The molecule has 0 aromatic carbocycles. The van der Waals surface area contributed by atoms with Crippen molar-refractivity contribution in [3.8, 4) is 0 Å². The minimum Gasteiger partial charge on any atom is -0.425 e. The molecule has 130 valence electrons. The molecule has 1 saturated carbocycles. The van der Waals surface area contributed by atoms with Crippen molar-refractivity contribution in [1.29, 1.82) is 0 Å². The lowest BCUT2D eigenvalue weighted by Gasteiger charge is -2.20. The summed E-state index contributed by atoms with van der Waals surface area (Å²) in [7, 11) is 0. The van der Waals surface area contributed by atoms with Crippen LogP contribution in [0.4, 0.5) is 0 Å². The summed E-state index contributed by atoms with van der Waals surface area (Å²) in [6.07, 6.45) is 12.9. The normalized spacial score (nSPS) is 15.7. The van der Waals surface area contributed by atoms with E-state index in [1.807, 2.05) is 0 Å². The molecule has 1 aliphatic carbocycles. The van der Waals surface area contributed by atoms with Gasteiger partial charge in [-0.15, -0.1) is 10.2 Å². The third-order valence-electron chi connectivity index (χ3n) is 4.41. The Hall–Kier alpha value is -1.04. The molecule has 0 unspecified atom stereocenters. The second-order valence-corrected chi connectivity index (χ2v) is 7.31. The molecule has 0 spiro atoms. The molecule has 0 radical (unpaired) electrons. The van der Waals surface area contributed by atoms with Gasteiger partial charge in [0, 0.05) is 25.8 Å².